The Labute approximate surface area is 117 Å². The fourth-order valence-electron chi connectivity index (χ4n) is 2.09. The largest absolute Gasteiger partial charge is 0.305 e. The molecule has 1 heterocycles. The number of halogens is 1. The smallest absolute Gasteiger partial charge is 0.0540 e. The van der Waals surface area contributed by atoms with Gasteiger partial charge in [-0.25, -0.2) is 0 Å². The van der Waals surface area contributed by atoms with E-state index >= 15 is 0 Å². The van der Waals surface area contributed by atoms with Crippen LogP contribution in [0.1, 0.15) is 20.3 Å². The molecular formula is C14H20BrN3. The Kier molecular flexibility index (Phi) is 4.30. The zero-order chi connectivity index (χ0) is 13.1. The lowest BCUT2D eigenvalue weighted by Crippen LogP contribution is -2.22. The lowest BCUT2D eigenvalue weighted by molar-refractivity contribution is 0.332. The van der Waals surface area contributed by atoms with E-state index in [2.05, 4.69) is 52.6 Å². The number of hydrogen-bond acceptors (Lipinski definition) is 3. The molecule has 3 nitrogen and oxygen atoms in total. The molecule has 1 unspecified atom stereocenters. The molecule has 2 N–H and O–H groups in total. The SMILES string of the molecule is CC(NNc1ccc(Br)cc1)=C1CC(C)N(C)C1. The number of rotatable bonds is 3. The molecule has 2 rings (SSSR count). The molecule has 0 radical (unpaired) electrons. The van der Waals surface area contributed by atoms with Crippen LogP contribution in [0.4, 0.5) is 5.69 Å². The zero-order valence-corrected chi connectivity index (χ0v) is 12.7. The van der Waals surface area contributed by atoms with Gasteiger partial charge in [-0.1, -0.05) is 15.9 Å². The minimum atomic E-state index is 0.643. The van der Waals surface area contributed by atoms with Gasteiger partial charge in [-0.2, -0.15) is 0 Å². The second-order valence-electron chi connectivity index (χ2n) is 4.95. The van der Waals surface area contributed by atoms with Gasteiger partial charge in [-0.15, -0.1) is 0 Å². The van der Waals surface area contributed by atoms with Crippen molar-refractivity contribution in [1.82, 2.24) is 10.3 Å². The van der Waals surface area contributed by atoms with Crippen LogP contribution < -0.4 is 10.9 Å². The summed E-state index contributed by atoms with van der Waals surface area (Å²) in [5.74, 6) is 0. The van der Waals surface area contributed by atoms with Crippen molar-refractivity contribution in [2.45, 2.75) is 26.3 Å². The van der Waals surface area contributed by atoms with Gasteiger partial charge in [0.1, 0.15) is 0 Å². The van der Waals surface area contributed by atoms with E-state index in [4.69, 9.17) is 0 Å². The molecule has 0 aromatic heterocycles. The van der Waals surface area contributed by atoms with E-state index < -0.39 is 0 Å². The molecule has 98 valence electrons. The Balaban J connectivity index is 1.94. The molecule has 1 saturated heterocycles. The van der Waals surface area contributed by atoms with Crippen molar-refractivity contribution in [1.29, 1.82) is 0 Å². The molecule has 0 saturated carbocycles. The van der Waals surface area contributed by atoms with E-state index in [1.165, 1.54) is 11.3 Å². The van der Waals surface area contributed by atoms with Crippen LogP contribution in [-0.2, 0) is 0 Å². The number of benzene rings is 1. The first-order valence-electron chi connectivity index (χ1n) is 6.22. The van der Waals surface area contributed by atoms with Crippen LogP contribution in [0, 0.1) is 0 Å². The molecule has 0 bridgehead atoms. The second-order valence-corrected chi connectivity index (χ2v) is 5.87. The number of likely N-dealkylation sites (N-methyl/N-ethyl adjacent to an activating group) is 1. The van der Waals surface area contributed by atoms with Gasteiger partial charge in [0.15, 0.2) is 0 Å². The monoisotopic (exact) mass is 309 g/mol. The van der Waals surface area contributed by atoms with Gasteiger partial charge in [-0.3, -0.25) is 4.90 Å². The van der Waals surface area contributed by atoms with Gasteiger partial charge in [0.25, 0.3) is 0 Å². The maximum Gasteiger partial charge on any atom is 0.0540 e. The minimum Gasteiger partial charge on any atom is -0.305 e. The molecule has 1 aromatic rings. The standard InChI is InChI=1S/C14H20BrN3/c1-10-8-12(9-18(10)3)11(2)16-17-14-6-4-13(15)5-7-14/h4-7,10,16-17H,8-9H2,1-3H3. The van der Waals surface area contributed by atoms with Gasteiger partial charge in [0.2, 0.25) is 0 Å². The number of hydrazine groups is 1. The van der Waals surface area contributed by atoms with E-state index in [1.807, 2.05) is 24.3 Å². The Morgan fingerprint density at radius 2 is 2.00 bits per heavy atom. The van der Waals surface area contributed by atoms with Gasteiger partial charge in [0.05, 0.1) is 5.69 Å². The molecule has 0 spiro atoms. The second kappa shape index (κ2) is 5.76. The number of anilines is 1. The van der Waals surface area contributed by atoms with Crippen LogP contribution in [0.25, 0.3) is 0 Å². The molecule has 1 aliphatic heterocycles. The number of allylic oxidation sites excluding steroid dienone is 1. The lowest BCUT2D eigenvalue weighted by atomic mass is 10.1. The van der Waals surface area contributed by atoms with Gasteiger partial charge in [-0.05, 0) is 57.2 Å². The molecule has 1 fully saturated rings. The normalized spacial score (nSPS) is 23.0. The van der Waals surface area contributed by atoms with E-state index in [-0.39, 0.29) is 0 Å². The molecule has 18 heavy (non-hydrogen) atoms. The molecular weight excluding hydrogens is 290 g/mol. The number of nitrogens with zero attached hydrogens (tertiary/aromatic N) is 1. The Bertz CT molecular complexity index is 427. The third-order valence-electron chi connectivity index (χ3n) is 3.50. The summed E-state index contributed by atoms with van der Waals surface area (Å²) in [4.78, 5) is 2.38. The highest BCUT2D eigenvalue weighted by molar-refractivity contribution is 9.10. The lowest BCUT2D eigenvalue weighted by Gasteiger charge is -2.13. The van der Waals surface area contributed by atoms with Crippen molar-refractivity contribution in [2.75, 3.05) is 19.0 Å². The van der Waals surface area contributed by atoms with Crippen LogP contribution in [0.5, 0.6) is 0 Å². The predicted octanol–water partition coefficient (Wildman–Crippen LogP) is 3.36. The Hall–Kier alpha value is -1.00. The molecule has 4 heteroatoms. The first-order valence-corrected chi connectivity index (χ1v) is 7.02. The highest BCUT2D eigenvalue weighted by Crippen LogP contribution is 2.22. The quantitative estimate of drug-likeness (QED) is 0.838. The summed E-state index contributed by atoms with van der Waals surface area (Å²) in [5, 5.41) is 0. The van der Waals surface area contributed by atoms with Crippen LogP contribution in [0.3, 0.4) is 0 Å². The van der Waals surface area contributed by atoms with Crippen molar-refractivity contribution in [2.24, 2.45) is 0 Å². The summed E-state index contributed by atoms with van der Waals surface area (Å²) in [6.07, 6.45) is 1.15. The average molecular weight is 310 g/mol. The first kappa shape index (κ1) is 13.4. The topological polar surface area (TPSA) is 27.3 Å². The van der Waals surface area contributed by atoms with Crippen molar-refractivity contribution in [3.8, 4) is 0 Å². The van der Waals surface area contributed by atoms with Gasteiger partial charge >= 0.3 is 0 Å². The number of likely N-dealkylation sites (tertiary alicyclic amines) is 1. The third kappa shape index (κ3) is 3.27. The van der Waals surface area contributed by atoms with Gasteiger partial charge < -0.3 is 10.9 Å². The van der Waals surface area contributed by atoms with Gasteiger partial charge in [0, 0.05) is 22.8 Å². The highest BCUT2D eigenvalue weighted by atomic mass is 79.9. The van der Waals surface area contributed by atoms with Crippen LogP contribution in [0.15, 0.2) is 40.0 Å². The van der Waals surface area contributed by atoms with Crippen molar-refractivity contribution < 1.29 is 0 Å². The molecule has 1 atom stereocenters. The Morgan fingerprint density at radius 1 is 1.33 bits per heavy atom. The van der Waals surface area contributed by atoms with E-state index in [0.717, 1.165) is 23.1 Å². The number of hydrogen-bond donors (Lipinski definition) is 2. The molecule has 1 aliphatic rings. The van der Waals surface area contributed by atoms with Crippen molar-refractivity contribution in [3.05, 3.63) is 40.0 Å². The van der Waals surface area contributed by atoms with Crippen molar-refractivity contribution in [3.63, 3.8) is 0 Å². The van der Waals surface area contributed by atoms with Crippen LogP contribution in [0.2, 0.25) is 0 Å². The zero-order valence-electron chi connectivity index (χ0n) is 11.1. The fraction of sp³-hybridized carbons (Fsp3) is 0.429. The summed E-state index contributed by atoms with van der Waals surface area (Å²) in [6, 6.07) is 8.77. The summed E-state index contributed by atoms with van der Waals surface area (Å²) in [6.45, 7) is 5.46. The molecule has 0 amide bonds. The highest BCUT2D eigenvalue weighted by Gasteiger charge is 2.22. The average Bonchev–Trinajstić information content (AvgIpc) is 2.69. The first-order chi connectivity index (χ1) is 8.56. The van der Waals surface area contributed by atoms with E-state index in [9.17, 15) is 0 Å². The van der Waals surface area contributed by atoms with Crippen LogP contribution in [-0.4, -0.2) is 24.5 Å². The van der Waals surface area contributed by atoms with E-state index in [1.54, 1.807) is 0 Å². The summed E-state index contributed by atoms with van der Waals surface area (Å²) in [7, 11) is 2.17. The Morgan fingerprint density at radius 3 is 2.56 bits per heavy atom. The van der Waals surface area contributed by atoms with Crippen LogP contribution >= 0.6 is 15.9 Å². The fourth-order valence-corrected chi connectivity index (χ4v) is 2.36. The molecule has 0 aliphatic carbocycles. The third-order valence-corrected chi connectivity index (χ3v) is 4.03. The number of nitrogens with one attached hydrogen (secondary N) is 2. The summed E-state index contributed by atoms with van der Waals surface area (Å²) >= 11 is 3.43. The maximum atomic E-state index is 3.43. The summed E-state index contributed by atoms with van der Waals surface area (Å²) in [5.41, 5.74) is 10.3. The maximum absolute atomic E-state index is 3.43. The summed E-state index contributed by atoms with van der Waals surface area (Å²) < 4.78 is 1.09. The van der Waals surface area contributed by atoms with E-state index in [0.29, 0.717) is 6.04 Å². The molecule has 1 aromatic carbocycles. The minimum absolute atomic E-state index is 0.643. The predicted molar refractivity (Wildman–Crippen MR) is 80.3 cm³/mol. The van der Waals surface area contributed by atoms with Crippen molar-refractivity contribution >= 4 is 21.6 Å².